The van der Waals surface area contributed by atoms with Crippen LogP contribution in [0.1, 0.15) is 24.1 Å². The molecule has 0 amide bonds. The Morgan fingerprint density at radius 1 is 1.31 bits per heavy atom. The van der Waals surface area contributed by atoms with Gasteiger partial charge in [0, 0.05) is 18.3 Å². The number of nitrogens with zero attached hydrogens (tertiary/aromatic N) is 2. The summed E-state index contributed by atoms with van der Waals surface area (Å²) in [5.74, 6) is 5.60. The number of aryl methyl sites for hydroxylation is 1. The van der Waals surface area contributed by atoms with E-state index in [9.17, 15) is 0 Å². The number of hydrogen-bond donors (Lipinski definition) is 2. The first kappa shape index (κ1) is 10.9. The molecule has 0 aliphatic heterocycles. The van der Waals surface area contributed by atoms with Crippen LogP contribution in [-0.4, -0.2) is 9.78 Å². The van der Waals surface area contributed by atoms with E-state index in [1.807, 2.05) is 47.4 Å². The van der Waals surface area contributed by atoms with Crippen LogP contribution >= 0.6 is 0 Å². The SMILES string of the molecule is CCn1cc(C(NN)c2ccccc2)cn1. The molecule has 0 spiro atoms. The quantitative estimate of drug-likeness (QED) is 0.601. The van der Waals surface area contributed by atoms with Crippen molar-refractivity contribution < 1.29 is 0 Å². The van der Waals surface area contributed by atoms with Crippen molar-refractivity contribution >= 4 is 0 Å². The second-order valence-electron chi connectivity index (χ2n) is 3.64. The fraction of sp³-hybridized carbons (Fsp3) is 0.250. The van der Waals surface area contributed by atoms with Crippen molar-refractivity contribution in [1.29, 1.82) is 0 Å². The number of aromatic nitrogens is 2. The molecule has 4 heteroatoms. The molecule has 0 aliphatic carbocycles. The van der Waals surface area contributed by atoms with E-state index in [0.29, 0.717) is 0 Å². The lowest BCUT2D eigenvalue weighted by molar-refractivity contribution is 0.630. The molecule has 2 rings (SSSR count). The molecule has 0 aliphatic rings. The van der Waals surface area contributed by atoms with Crippen LogP contribution in [0.15, 0.2) is 42.7 Å². The number of hydrogen-bond acceptors (Lipinski definition) is 3. The van der Waals surface area contributed by atoms with Gasteiger partial charge in [-0.1, -0.05) is 30.3 Å². The average molecular weight is 216 g/mol. The first-order valence-electron chi connectivity index (χ1n) is 5.38. The Hall–Kier alpha value is -1.65. The van der Waals surface area contributed by atoms with Gasteiger partial charge < -0.3 is 0 Å². The summed E-state index contributed by atoms with van der Waals surface area (Å²) in [5, 5.41) is 4.25. The van der Waals surface area contributed by atoms with E-state index in [0.717, 1.165) is 17.7 Å². The van der Waals surface area contributed by atoms with Crippen LogP contribution in [0.2, 0.25) is 0 Å². The lowest BCUT2D eigenvalue weighted by Gasteiger charge is -2.14. The summed E-state index contributed by atoms with van der Waals surface area (Å²) in [6.07, 6.45) is 3.86. The minimum atomic E-state index is 0.00139. The smallest absolute Gasteiger partial charge is 0.0740 e. The Balaban J connectivity index is 2.29. The number of nitrogens with two attached hydrogens (primary N) is 1. The maximum atomic E-state index is 5.60. The third kappa shape index (κ3) is 2.13. The van der Waals surface area contributed by atoms with Gasteiger partial charge in [-0.15, -0.1) is 0 Å². The Morgan fingerprint density at radius 2 is 2.06 bits per heavy atom. The van der Waals surface area contributed by atoms with Gasteiger partial charge in [-0.25, -0.2) is 5.43 Å². The lowest BCUT2D eigenvalue weighted by Crippen LogP contribution is -2.28. The highest BCUT2D eigenvalue weighted by molar-refractivity contribution is 5.28. The molecule has 3 N–H and O–H groups in total. The predicted octanol–water partition coefficient (Wildman–Crippen LogP) is 1.46. The van der Waals surface area contributed by atoms with Crippen molar-refractivity contribution in [3.8, 4) is 0 Å². The zero-order chi connectivity index (χ0) is 11.4. The molecular weight excluding hydrogens is 200 g/mol. The molecule has 0 bridgehead atoms. The van der Waals surface area contributed by atoms with Crippen LogP contribution in [0.5, 0.6) is 0 Å². The molecule has 0 fully saturated rings. The highest BCUT2D eigenvalue weighted by Crippen LogP contribution is 2.20. The summed E-state index contributed by atoms with van der Waals surface area (Å²) >= 11 is 0. The van der Waals surface area contributed by atoms with Gasteiger partial charge in [0.1, 0.15) is 0 Å². The van der Waals surface area contributed by atoms with Crippen molar-refractivity contribution in [1.82, 2.24) is 15.2 Å². The number of hydrazine groups is 1. The van der Waals surface area contributed by atoms with E-state index in [1.165, 1.54) is 0 Å². The van der Waals surface area contributed by atoms with Crippen LogP contribution in [0.3, 0.4) is 0 Å². The van der Waals surface area contributed by atoms with Crippen LogP contribution in [0, 0.1) is 0 Å². The number of nitrogens with one attached hydrogen (secondary N) is 1. The third-order valence-corrected chi connectivity index (χ3v) is 2.61. The normalized spacial score (nSPS) is 12.6. The third-order valence-electron chi connectivity index (χ3n) is 2.61. The lowest BCUT2D eigenvalue weighted by atomic mass is 10.0. The van der Waals surface area contributed by atoms with E-state index in [-0.39, 0.29) is 6.04 Å². The molecule has 4 nitrogen and oxygen atoms in total. The molecular formula is C12H16N4. The van der Waals surface area contributed by atoms with Crippen molar-refractivity contribution in [2.45, 2.75) is 19.5 Å². The molecule has 1 unspecified atom stereocenters. The minimum absolute atomic E-state index is 0.00139. The number of rotatable bonds is 4. The highest BCUT2D eigenvalue weighted by atomic mass is 15.3. The van der Waals surface area contributed by atoms with Crippen molar-refractivity contribution in [3.05, 3.63) is 53.9 Å². The van der Waals surface area contributed by atoms with Gasteiger partial charge in [0.15, 0.2) is 0 Å². The number of benzene rings is 1. The van der Waals surface area contributed by atoms with Gasteiger partial charge in [0.2, 0.25) is 0 Å². The Labute approximate surface area is 95.1 Å². The van der Waals surface area contributed by atoms with Crippen LogP contribution in [-0.2, 0) is 6.54 Å². The van der Waals surface area contributed by atoms with Crippen LogP contribution in [0.25, 0.3) is 0 Å². The van der Waals surface area contributed by atoms with E-state index < -0.39 is 0 Å². The summed E-state index contributed by atoms with van der Waals surface area (Å²) in [6.45, 7) is 2.93. The zero-order valence-corrected chi connectivity index (χ0v) is 9.30. The second kappa shape index (κ2) is 4.92. The van der Waals surface area contributed by atoms with E-state index in [1.54, 1.807) is 0 Å². The molecule has 0 radical (unpaired) electrons. The monoisotopic (exact) mass is 216 g/mol. The fourth-order valence-electron chi connectivity index (χ4n) is 1.73. The summed E-state index contributed by atoms with van der Waals surface area (Å²) < 4.78 is 1.89. The Kier molecular flexibility index (Phi) is 3.34. The van der Waals surface area contributed by atoms with Gasteiger partial charge in [-0.05, 0) is 12.5 Å². The summed E-state index contributed by atoms with van der Waals surface area (Å²) in [5.41, 5.74) is 5.04. The molecule has 2 aromatic rings. The van der Waals surface area contributed by atoms with E-state index in [4.69, 9.17) is 5.84 Å². The van der Waals surface area contributed by atoms with E-state index in [2.05, 4.69) is 17.4 Å². The first-order chi connectivity index (χ1) is 7.85. The molecule has 16 heavy (non-hydrogen) atoms. The molecule has 1 aromatic carbocycles. The van der Waals surface area contributed by atoms with Crippen LogP contribution in [0.4, 0.5) is 0 Å². The molecule has 1 aromatic heterocycles. The molecule has 0 saturated carbocycles. The topological polar surface area (TPSA) is 55.9 Å². The average Bonchev–Trinajstić information content (AvgIpc) is 2.80. The minimum Gasteiger partial charge on any atom is -0.273 e. The molecule has 1 heterocycles. The molecule has 0 saturated heterocycles. The van der Waals surface area contributed by atoms with Gasteiger partial charge in [0.05, 0.1) is 12.2 Å². The van der Waals surface area contributed by atoms with Gasteiger partial charge >= 0.3 is 0 Å². The maximum Gasteiger partial charge on any atom is 0.0740 e. The van der Waals surface area contributed by atoms with Crippen LogP contribution < -0.4 is 11.3 Å². The predicted molar refractivity (Wildman–Crippen MR) is 63.5 cm³/mol. The van der Waals surface area contributed by atoms with Gasteiger partial charge in [-0.2, -0.15) is 5.10 Å². The standard InChI is InChI=1S/C12H16N4/c1-2-16-9-11(8-14-16)12(15-13)10-6-4-3-5-7-10/h3-9,12,15H,2,13H2,1H3. The fourth-order valence-corrected chi connectivity index (χ4v) is 1.73. The van der Waals surface area contributed by atoms with Crippen molar-refractivity contribution in [2.75, 3.05) is 0 Å². The van der Waals surface area contributed by atoms with Gasteiger partial charge in [-0.3, -0.25) is 10.5 Å². The largest absolute Gasteiger partial charge is 0.273 e. The zero-order valence-electron chi connectivity index (χ0n) is 9.30. The Bertz CT molecular complexity index is 435. The summed E-state index contributed by atoms with van der Waals surface area (Å²) in [6, 6.07) is 10.1. The first-order valence-corrected chi connectivity index (χ1v) is 5.38. The summed E-state index contributed by atoms with van der Waals surface area (Å²) in [4.78, 5) is 0. The maximum absolute atomic E-state index is 5.60. The molecule has 84 valence electrons. The highest BCUT2D eigenvalue weighted by Gasteiger charge is 2.13. The van der Waals surface area contributed by atoms with Crippen molar-refractivity contribution in [2.24, 2.45) is 5.84 Å². The second-order valence-corrected chi connectivity index (χ2v) is 3.64. The van der Waals surface area contributed by atoms with Crippen molar-refractivity contribution in [3.63, 3.8) is 0 Å². The van der Waals surface area contributed by atoms with E-state index >= 15 is 0 Å². The molecule has 1 atom stereocenters. The van der Waals surface area contributed by atoms with Gasteiger partial charge in [0.25, 0.3) is 0 Å². The Morgan fingerprint density at radius 3 is 2.62 bits per heavy atom. The summed E-state index contributed by atoms with van der Waals surface area (Å²) in [7, 11) is 0.